The number of anilines is 1. The Morgan fingerprint density at radius 1 is 1.00 bits per heavy atom. The number of hydrogen-bond acceptors (Lipinski definition) is 2. The molecule has 0 unspecified atom stereocenters. The van der Waals surface area contributed by atoms with Gasteiger partial charge in [-0.2, -0.15) is 0 Å². The molecule has 0 fully saturated rings. The largest absolute Gasteiger partial charge is 0.455 e. The second-order valence-corrected chi connectivity index (χ2v) is 5.41. The van der Waals surface area contributed by atoms with E-state index in [1.165, 1.54) is 0 Å². The van der Waals surface area contributed by atoms with Crippen molar-refractivity contribution in [2.24, 2.45) is 0 Å². The van der Waals surface area contributed by atoms with Gasteiger partial charge in [0.05, 0.1) is 15.7 Å². The first-order chi connectivity index (χ1) is 8.99. The summed E-state index contributed by atoms with van der Waals surface area (Å²) in [4.78, 5) is 0. The van der Waals surface area contributed by atoms with Crippen LogP contribution in [0.3, 0.4) is 0 Å². The van der Waals surface area contributed by atoms with E-state index < -0.39 is 0 Å². The first kappa shape index (κ1) is 14.0. The topological polar surface area (TPSA) is 35.2 Å². The lowest BCUT2D eigenvalue weighted by molar-refractivity contribution is 0.475. The van der Waals surface area contributed by atoms with E-state index in [1.807, 2.05) is 24.3 Å². The quantitative estimate of drug-likeness (QED) is 0.760. The van der Waals surface area contributed by atoms with Crippen molar-refractivity contribution in [3.8, 4) is 11.5 Å². The molecule has 0 radical (unpaired) electrons. The van der Waals surface area contributed by atoms with Crippen LogP contribution in [0.25, 0.3) is 0 Å². The Balaban J connectivity index is 2.39. The first-order valence-corrected chi connectivity index (χ1v) is 6.76. The highest BCUT2D eigenvalue weighted by atomic mass is 35.5. The van der Waals surface area contributed by atoms with E-state index in [0.717, 1.165) is 11.3 Å². The van der Waals surface area contributed by atoms with Crippen molar-refractivity contribution in [1.82, 2.24) is 0 Å². The van der Waals surface area contributed by atoms with E-state index in [0.29, 0.717) is 27.4 Å². The zero-order chi connectivity index (χ0) is 14.0. The summed E-state index contributed by atoms with van der Waals surface area (Å²) >= 11 is 11.9. The molecule has 0 aliphatic rings. The summed E-state index contributed by atoms with van der Waals surface area (Å²) in [5.74, 6) is 1.66. The van der Waals surface area contributed by atoms with Crippen molar-refractivity contribution in [1.29, 1.82) is 0 Å². The summed E-state index contributed by atoms with van der Waals surface area (Å²) in [6.07, 6.45) is 0. The molecule has 0 amide bonds. The Bertz CT molecular complexity index is 597. The van der Waals surface area contributed by atoms with Crippen molar-refractivity contribution >= 4 is 28.9 Å². The fourth-order valence-corrected chi connectivity index (χ4v) is 2.13. The predicted molar refractivity (Wildman–Crippen MR) is 81.5 cm³/mol. The monoisotopic (exact) mass is 295 g/mol. The molecule has 0 bridgehead atoms. The van der Waals surface area contributed by atoms with Gasteiger partial charge in [0.15, 0.2) is 5.75 Å². The average Bonchev–Trinajstić information content (AvgIpc) is 2.36. The number of nitrogen functional groups attached to an aromatic ring is 1. The molecule has 0 saturated heterocycles. The number of benzene rings is 2. The molecule has 2 rings (SSSR count). The van der Waals surface area contributed by atoms with E-state index >= 15 is 0 Å². The molecule has 0 aliphatic carbocycles. The first-order valence-electron chi connectivity index (χ1n) is 6.00. The highest BCUT2D eigenvalue weighted by Gasteiger charge is 2.11. The van der Waals surface area contributed by atoms with Crippen molar-refractivity contribution in [2.45, 2.75) is 19.8 Å². The third-order valence-corrected chi connectivity index (χ3v) is 3.54. The van der Waals surface area contributed by atoms with Gasteiger partial charge in [-0.3, -0.25) is 0 Å². The van der Waals surface area contributed by atoms with Gasteiger partial charge >= 0.3 is 0 Å². The van der Waals surface area contributed by atoms with Gasteiger partial charge in [-0.15, -0.1) is 0 Å². The van der Waals surface area contributed by atoms with Crippen LogP contribution in [-0.4, -0.2) is 0 Å². The van der Waals surface area contributed by atoms with Gasteiger partial charge in [-0.05, 0) is 23.6 Å². The van der Waals surface area contributed by atoms with Crippen LogP contribution in [-0.2, 0) is 0 Å². The lowest BCUT2D eigenvalue weighted by atomic mass is 10.0. The molecule has 100 valence electrons. The van der Waals surface area contributed by atoms with E-state index in [2.05, 4.69) is 13.8 Å². The van der Waals surface area contributed by atoms with E-state index in [-0.39, 0.29) is 0 Å². The van der Waals surface area contributed by atoms with Gasteiger partial charge in [0.25, 0.3) is 0 Å². The van der Waals surface area contributed by atoms with E-state index in [4.69, 9.17) is 33.7 Å². The van der Waals surface area contributed by atoms with Crippen LogP contribution in [0, 0.1) is 0 Å². The van der Waals surface area contributed by atoms with Crippen LogP contribution in [0.2, 0.25) is 10.0 Å². The summed E-state index contributed by atoms with van der Waals surface area (Å²) in [6, 6.07) is 11.1. The Morgan fingerprint density at radius 2 is 1.63 bits per heavy atom. The maximum absolute atomic E-state index is 5.99. The standard InChI is InChI=1S/C15H15Cl2NO/c1-9(2)10-5-3-4-6-14(10)19-15-8-12(17)11(16)7-13(15)18/h3-9H,18H2,1-2H3. The maximum Gasteiger partial charge on any atom is 0.151 e. The zero-order valence-electron chi connectivity index (χ0n) is 10.8. The van der Waals surface area contributed by atoms with Crippen molar-refractivity contribution in [2.75, 3.05) is 5.73 Å². The second-order valence-electron chi connectivity index (χ2n) is 4.60. The molecule has 0 heterocycles. The fourth-order valence-electron chi connectivity index (χ4n) is 1.80. The Kier molecular flexibility index (Phi) is 4.23. The van der Waals surface area contributed by atoms with Gasteiger partial charge in [-0.25, -0.2) is 0 Å². The molecule has 2 aromatic carbocycles. The highest BCUT2D eigenvalue weighted by Crippen LogP contribution is 2.37. The normalized spacial score (nSPS) is 10.8. The Hall–Kier alpha value is -1.38. The number of hydrogen-bond donors (Lipinski definition) is 1. The maximum atomic E-state index is 5.99. The smallest absolute Gasteiger partial charge is 0.151 e. The molecule has 19 heavy (non-hydrogen) atoms. The van der Waals surface area contributed by atoms with Crippen LogP contribution in [0.1, 0.15) is 25.3 Å². The highest BCUT2D eigenvalue weighted by molar-refractivity contribution is 6.42. The van der Waals surface area contributed by atoms with Gasteiger partial charge in [0.1, 0.15) is 5.75 Å². The fraction of sp³-hybridized carbons (Fsp3) is 0.200. The average molecular weight is 296 g/mol. The van der Waals surface area contributed by atoms with Crippen LogP contribution in [0.4, 0.5) is 5.69 Å². The molecule has 2 nitrogen and oxygen atoms in total. The van der Waals surface area contributed by atoms with Crippen molar-refractivity contribution in [3.05, 3.63) is 52.0 Å². The van der Waals surface area contributed by atoms with Gasteiger partial charge in [0.2, 0.25) is 0 Å². The molecule has 0 saturated carbocycles. The summed E-state index contributed by atoms with van der Waals surface area (Å²) in [7, 11) is 0. The summed E-state index contributed by atoms with van der Waals surface area (Å²) < 4.78 is 5.87. The minimum Gasteiger partial charge on any atom is -0.455 e. The minimum atomic E-state index is 0.361. The lowest BCUT2D eigenvalue weighted by Gasteiger charge is -2.15. The van der Waals surface area contributed by atoms with E-state index in [1.54, 1.807) is 12.1 Å². The Labute approximate surface area is 123 Å². The molecule has 4 heteroatoms. The number of rotatable bonds is 3. The zero-order valence-corrected chi connectivity index (χ0v) is 12.3. The predicted octanol–water partition coefficient (Wildman–Crippen LogP) is 5.49. The molecule has 0 atom stereocenters. The number of halogens is 2. The Morgan fingerprint density at radius 3 is 2.32 bits per heavy atom. The van der Waals surface area contributed by atoms with Crippen molar-refractivity contribution in [3.63, 3.8) is 0 Å². The summed E-state index contributed by atoms with van der Waals surface area (Å²) in [5.41, 5.74) is 7.48. The number of ether oxygens (including phenoxy) is 1. The van der Waals surface area contributed by atoms with Crippen LogP contribution < -0.4 is 10.5 Å². The molecule has 0 spiro atoms. The summed E-state index contributed by atoms with van der Waals surface area (Å²) in [6.45, 7) is 4.22. The molecule has 0 aliphatic heterocycles. The third kappa shape index (κ3) is 3.14. The van der Waals surface area contributed by atoms with E-state index in [9.17, 15) is 0 Å². The molecule has 2 aromatic rings. The van der Waals surface area contributed by atoms with Crippen LogP contribution in [0.15, 0.2) is 36.4 Å². The van der Waals surface area contributed by atoms with Gasteiger partial charge in [-0.1, -0.05) is 55.2 Å². The minimum absolute atomic E-state index is 0.361. The number of nitrogens with two attached hydrogens (primary N) is 1. The molecular formula is C15H15Cl2NO. The van der Waals surface area contributed by atoms with Gasteiger partial charge < -0.3 is 10.5 Å². The number of para-hydroxylation sites is 1. The van der Waals surface area contributed by atoms with Crippen molar-refractivity contribution < 1.29 is 4.74 Å². The summed E-state index contributed by atoms with van der Waals surface area (Å²) in [5, 5.41) is 0.844. The lowest BCUT2D eigenvalue weighted by Crippen LogP contribution is -1.96. The molecular weight excluding hydrogens is 281 g/mol. The molecule has 2 N–H and O–H groups in total. The SMILES string of the molecule is CC(C)c1ccccc1Oc1cc(Cl)c(Cl)cc1N. The second kappa shape index (κ2) is 5.72. The van der Waals surface area contributed by atoms with Crippen LogP contribution >= 0.6 is 23.2 Å². The molecule has 0 aromatic heterocycles. The third-order valence-electron chi connectivity index (χ3n) is 2.81. The van der Waals surface area contributed by atoms with Gasteiger partial charge in [0, 0.05) is 6.07 Å². The van der Waals surface area contributed by atoms with Crippen LogP contribution in [0.5, 0.6) is 11.5 Å².